The Hall–Kier alpha value is -3.16. The number of pyridine rings is 2. The second-order valence-electron chi connectivity index (χ2n) is 9.72. The summed E-state index contributed by atoms with van der Waals surface area (Å²) in [4.78, 5) is 5.13. The van der Waals surface area contributed by atoms with Gasteiger partial charge in [-0.1, -0.05) is 48.6 Å². The van der Waals surface area contributed by atoms with E-state index >= 15 is 0 Å². The van der Waals surface area contributed by atoms with Gasteiger partial charge in [0.25, 0.3) is 0 Å². The Balaban J connectivity index is 1.51. The smallest absolute Gasteiger partial charge is 0.170 e. The van der Waals surface area contributed by atoms with E-state index in [0.29, 0.717) is 0 Å². The van der Waals surface area contributed by atoms with E-state index in [2.05, 4.69) is 70.4 Å². The minimum absolute atomic E-state index is 0.0108. The number of nitrogens with one attached hydrogen (secondary N) is 1. The number of hydrogen-bond acceptors (Lipinski definition) is 4. The fourth-order valence-corrected chi connectivity index (χ4v) is 5.05. The molecule has 0 radical (unpaired) electrons. The average Bonchev–Trinajstić information content (AvgIpc) is 3.33. The van der Waals surface area contributed by atoms with Crippen molar-refractivity contribution in [1.82, 2.24) is 24.3 Å². The van der Waals surface area contributed by atoms with E-state index < -0.39 is 11.0 Å². The van der Waals surface area contributed by atoms with Crippen LogP contribution in [0.3, 0.4) is 0 Å². The summed E-state index contributed by atoms with van der Waals surface area (Å²) in [5.74, 6) is 0.151. The van der Waals surface area contributed by atoms with Crippen LogP contribution in [0.5, 0.6) is 0 Å². The van der Waals surface area contributed by atoms with Crippen molar-refractivity contribution < 1.29 is 4.21 Å². The highest BCUT2D eigenvalue weighted by Gasteiger charge is 2.24. The first-order valence-electron chi connectivity index (χ1n) is 11.6. The maximum atomic E-state index is 12.5. The first-order valence-corrected chi connectivity index (χ1v) is 12.7. The molecule has 1 N–H and O–H groups in total. The van der Waals surface area contributed by atoms with Crippen LogP contribution in [0.1, 0.15) is 45.7 Å². The SMILES string of the molecule is CC(NS(=O)C(C)(C)C)C1=CCC(c2nc3ccn4cnnc4c3cc2-c2ccccc2)C=C1. The molecule has 3 atom stereocenters. The molecule has 0 spiro atoms. The van der Waals surface area contributed by atoms with Gasteiger partial charge < -0.3 is 0 Å². The molecule has 1 aliphatic rings. The van der Waals surface area contributed by atoms with E-state index in [1.54, 1.807) is 6.33 Å². The van der Waals surface area contributed by atoms with Gasteiger partial charge in [0.15, 0.2) is 5.65 Å². The number of rotatable bonds is 5. The van der Waals surface area contributed by atoms with Crippen LogP contribution < -0.4 is 4.72 Å². The van der Waals surface area contributed by atoms with Crippen LogP contribution in [0.4, 0.5) is 0 Å². The van der Waals surface area contributed by atoms with Gasteiger partial charge >= 0.3 is 0 Å². The van der Waals surface area contributed by atoms with Gasteiger partial charge in [-0.3, -0.25) is 9.38 Å². The predicted octanol–water partition coefficient (Wildman–Crippen LogP) is 5.35. The number of nitrogens with zero attached hydrogens (tertiary/aromatic N) is 4. The molecule has 3 heterocycles. The number of benzene rings is 1. The number of fused-ring (bicyclic) bond motifs is 3. The Morgan fingerprint density at radius 2 is 1.97 bits per heavy atom. The third-order valence-electron chi connectivity index (χ3n) is 6.19. The Morgan fingerprint density at radius 1 is 1.18 bits per heavy atom. The van der Waals surface area contributed by atoms with Crippen molar-refractivity contribution in [3.05, 3.63) is 84.5 Å². The van der Waals surface area contributed by atoms with Crippen molar-refractivity contribution in [2.24, 2.45) is 0 Å². The van der Waals surface area contributed by atoms with Crippen molar-refractivity contribution in [2.45, 2.75) is 50.8 Å². The molecule has 7 heteroatoms. The van der Waals surface area contributed by atoms with Crippen molar-refractivity contribution in [3.8, 4) is 11.1 Å². The molecule has 174 valence electrons. The van der Waals surface area contributed by atoms with Gasteiger partial charge in [0.1, 0.15) is 6.33 Å². The lowest BCUT2D eigenvalue weighted by Crippen LogP contribution is -2.39. The average molecular weight is 472 g/mol. The first-order chi connectivity index (χ1) is 16.3. The lowest BCUT2D eigenvalue weighted by molar-refractivity contribution is 0.624. The van der Waals surface area contributed by atoms with Gasteiger partial charge in [0.2, 0.25) is 0 Å². The van der Waals surface area contributed by atoms with Crippen LogP contribution in [-0.4, -0.2) is 34.6 Å². The molecule has 34 heavy (non-hydrogen) atoms. The Kier molecular flexibility index (Phi) is 5.91. The van der Waals surface area contributed by atoms with Crippen LogP contribution in [0, 0.1) is 0 Å². The van der Waals surface area contributed by atoms with Gasteiger partial charge in [-0.05, 0) is 57.4 Å². The normalized spacial score (nSPS) is 18.2. The fraction of sp³-hybridized carbons (Fsp3) is 0.296. The second-order valence-corrected chi connectivity index (χ2v) is 11.7. The molecule has 0 fully saturated rings. The fourth-order valence-electron chi connectivity index (χ4n) is 4.24. The van der Waals surface area contributed by atoms with Crippen LogP contribution in [-0.2, 0) is 11.0 Å². The standard InChI is InChI=1S/C27H29N5OS/c1-18(31-34(33)27(2,3)4)19-10-12-21(13-11-19)25-22(20-8-6-5-7-9-20)16-23-24(29-25)14-15-32-17-28-30-26(23)32/h5-12,14-18,21,31H,13H2,1-4H3. The van der Waals surface area contributed by atoms with Crippen molar-refractivity contribution in [1.29, 1.82) is 0 Å². The largest absolute Gasteiger partial charge is 0.288 e. The molecule has 0 saturated carbocycles. The highest BCUT2D eigenvalue weighted by atomic mass is 32.2. The summed E-state index contributed by atoms with van der Waals surface area (Å²) in [6.45, 7) is 8.00. The third kappa shape index (κ3) is 4.33. The minimum atomic E-state index is -1.12. The Bertz CT molecular complexity index is 1430. The summed E-state index contributed by atoms with van der Waals surface area (Å²) in [5.41, 5.74) is 6.16. The molecule has 0 bridgehead atoms. The lowest BCUT2D eigenvalue weighted by atomic mass is 9.87. The molecule has 4 aromatic rings. The van der Waals surface area contributed by atoms with Crippen LogP contribution >= 0.6 is 0 Å². The summed E-state index contributed by atoms with van der Waals surface area (Å²) >= 11 is 0. The monoisotopic (exact) mass is 471 g/mol. The Labute approximate surface area is 202 Å². The number of allylic oxidation sites excluding steroid dienone is 2. The van der Waals surface area contributed by atoms with Gasteiger partial charge in [-0.2, -0.15) is 0 Å². The molecule has 3 aromatic heterocycles. The molecule has 6 nitrogen and oxygen atoms in total. The summed E-state index contributed by atoms with van der Waals surface area (Å²) in [6, 6.07) is 14.6. The van der Waals surface area contributed by atoms with Gasteiger partial charge in [-0.15, -0.1) is 10.2 Å². The zero-order valence-corrected chi connectivity index (χ0v) is 20.7. The maximum absolute atomic E-state index is 12.5. The van der Waals surface area contributed by atoms with Crippen molar-refractivity contribution >= 4 is 27.5 Å². The van der Waals surface area contributed by atoms with Gasteiger partial charge in [0.05, 0.1) is 26.9 Å². The lowest BCUT2D eigenvalue weighted by Gasteiger charge is -2.25. The molecule has 0 aliphatic heterocycles. The molecule has 1 aliphatic carbocycles. The van der Waals surface area contributed by atoms with E-state index in [9.17, 15) is 4.21 Å². The maximum Gasteiger partial charge on any atom is 0.170 e. The van der Waals surface area contributed by atoms with E-state index in [1.807, 2.05) is 43.5 Å². The first kappa shape index (κ1) is 22.6. The third-order valence-corrected chi connectivity index (χ3v) is 7.87. The van der Waals surface area contributed by atoms with Gasteiger partial charge in [0, 0.05) is 29.1 Å². The highest BCUT2D eigenvalue weighted by Crippen LogP contribution is 2.36. The van der Waals surface area contributed by atoms with E-state index in [4.69, 9.17) is 4.98 Å². The number of aromatic nitrogens is 4. The minimum Gasteiger partial charge on any atom is -0.288 e. The summed E-state index contributed by atoms with van der Waals surface area (Å²) < 4.78 is 17.4. The molecular weight excluding hydrogens is 442 g/mol. The summed E-state index contributed by atoms with van der Waals surface area (Å²) in [6.07, 6.45) is 11.1. The summed E-state index contributed by atoms with van der Waals surface area (Å²) in [5, 5.41) is 9.36. The molecule has 5 rings (SSSR count). The molecule has 1 aromatic carbocycles. The Morgan fingerprint density at radius 3 is 2.68 bits per heavy atom. The van der Waals surface area contributed by atoms with Crippen LogP contribution in [0.15, 0.2) is 78.8 Å². The molecular formula is C27H29N5OS. The predicted molar refractivity (Wildman–Crippen MR) is 139 cm³/mol. The number of hydrogen-bond donors (Lipinski definition) is 1. The van der Waals surface area contributed by atoms with Crippen LogP contribution in [0.2, 0.25) is 0 Å². The second kappa shape index (κ2) is 8.89. The van der Waals surface area contributed by atoms with Crippen molar-refractivity contribution in [3.63, 3.8) is 0 Å². The molecule has 3 unspecified atom stereocenters. The van der Waals surface area contributed by atoms with Crippen LogP contribution in [0.25, 0.3) is 27.7 Å². The van der Waals surface area contributed by atoms with Crippen molar-refractivity contribution in [2.75, 3.05) is 0 Å². The van der Waals surface area contributed by atoms with E-state index in [1.165, 1.54) is 0 Å². The summed E-state index contributed by atoms with van der Waals surface area (Å²) in [7, 11) is -1.12. The highest BCUT2D eigenvalue weighted by molar-refractivity contribution is 7.84. The van der Waals surface area contributed by atoms with E-state index in [-0.39, 0.29) is 16.7 Å². The molecule has 0 saturated heterocycles. The quantitative estimate of drug-likeness (QED) is 0.426. The topological polar surface area (TPSA) is 72.2 Å². The molecule has 0 amide bonds. The van der Waals surface area contributed by atoms with E-state index in [0.717, 1.165) is 45.4 Å². The zero-order valence-electron chi connectivity index (χ0n) is 19.9. The van der Waals surface area contributed by atoms with Gasteiger partial charge in [-0.25, -0.2) is 8.93 Å². The zero-order chi connectivity index (χ0) is 23.9.